The normalized spacial score (nSPS) is 12.4. The Morgan fingerprint density at radius 1 is 1.35 bits per heavy atom. The summed E-state index contributed by atoms with van der Waals surface area (Å²) in [7, 11) is 2.16. The average Bonchev–Trinajstić information content (AvgIpc) is 2.36. The maximum atomic E-state index is 8.73. The summed E-state index contributed by atoms with van der Waals surface area (Å²) < 4.78 is 0. The molecule has 1 aromatic rings. The molecule has 92 valence electrons. The van der Waals surface area contributed by atoms with Crippen LogP contribution in [0.4, 0.5) is 0 Å². The molecule has 0 aromatic heterocycles. The lowest BCUT2D eigenvalue weighted by atomic mass is 10.1. The van der Waals surface area contributed by atoms with Crippen LogP contribution in [0.15, 0.2) is 24.3 Å². The molecule has 0 saturated carbocycles. The Labute approximate surface area is 109 Å². The van der Waals surface area contributed by atoms with E-state index in [1.807, 2.05) is 36.0 Å². The molecule has 17 heavy (non-hydrogen) atoms. The minimum Gasteiger partial charge on any atom is -0.299 e. The zero-order valence-electron chi connectivity index (χ0n) is 10.8. The highest BCUT2D eigenvalue weighted by atomic mass is 32.2. The van der Waals surface area contributed by atoms with Crippen LogP contribution in [0, 0.1) is 11.3 Å². The molecular weight excluding hydrogens is 228 g/mol. The summed E-state index contributed by atoms with van der Waals surface area (Å²) in [5.74, 6) is 1.21. The number of hydrogen-bond donors (Lipinski definition) is 0. The molecular formula is C14H20N2S. The van der Waals surface area contributed by atoms with Gasteiger partial charge in [0.25, 0.3) is 0 Å². The first-order valence-corrected chi connectivity index (χ1v) is 7.25. The highest BCUT2D eigenvalue weighted by Gasteiger charge is 2.08. The van der Waals surface area contributed by atoms with Gasteiger partial charge >= 0.3 is 0 Å². The molecule has 0 bridgehead atoms. The molecule has 0 aliphatic carbocycles. The number of nitrogens with zero attached hydrogens (tertiary/aromatic N) is 2. The lowest BCUT2D eigenvalue weighted by Gasteiger charge is -2.24. The zero-order valence-corrected chi connectivity index (χ0v) is 11.6. The van der Waals surface area contributed by atoms with E-state index < -0.39 is 0 Å². The van der Waals surface area contributed by atoms with Gasteiger partial charge in [-0.1, -0.05) is 12.1 Å². The Hall–Kier alpha value is -0.980. The molecule has 0 saturated heterocycles. The lowest BCUT2D eigenvalue weighted by molar-refractivity contribution is 0.245. The smallest absolute Gasteiger partial charge is 0.0991 e. The Morgan fingerprint density at radius 3 is 2.53 bits per heavy atom. The highest BCUT2D eigenvalue weighted by Crippen LogP contribution is 2.11. The van der Waals surface area contributed by atoms with Crippen LogP contribution in [-0.4, -0.2) is 30.0 Å². The molecule has 1 aromatic carbocycles. The first kappa shape index (κ1) is 14.1. The van der Waals surface area contributed by atoms with Gasteiger partial charge in [-0.05, 0) is 50.1 Å². The first-order chi connectivity index (χ1) is 8.17. The topological polar surface area (TPSA) is 27.0 Å². The van der Waals surface area contributed by atoms with E-state index in [0.29, 0.717) is 6.04 Å². The van der Waals surface area contributed by atoms with Crippen molar-refractivity contribution in [3.63, 3.8) is 0 Å². The predicted octanol–water partition coefficient (Wildman–Crippen LogP) is 3.13. The van der Waals surface area contributed by atoms with Crippen LogP contribution in [0.1, 0.15) is 24.5 Å². The van der Waals surface area contributed by atoms with Crippen LogP contribution in [0.25, 0.3) is 0 Å². The molecule has 1 atom stereocenters. The number of rotatable bonds is 6. The fourth-order valence-corrected chi connectivity index (χ4v) is 2.21. The molecule has 0 aliphatic heterocycles. The Balaban J connectivity index is 2.49. The molecule has 0 spiro atoms. The molecule has 1 rings (SSSR count). The second-order valence-electron chi connectivity index (χ2n) is 4.35. The monoisotopic (exact) mass is 248 g/mol. The van der Waals surface area contributed by atoms with Crippen LogP contribution in [-0.2, 0) is 6.54 Å². The van der Waals surface area contributed by atoms with Gasteiger partial charge in [0.15, 0.2) is 0 Å². The summed E-state index contributed by atoms with van der Waals surface area (Å²) in [5, 5.41) is 8.73. The summed E-state index contributed by atoms with van der Waals surface area (Å²) in [6.07, 6.45) is 3.36. The maximum Gasteiger partial charge on any atom is 0.0991 e. The Morgan fingerprint density at radius 2 is 2.00 bits per heavy atom. The number of nitriles is 1. The number of thioether (sulfide) groups is 1. The average molecular weight is 248 g/mol. The van der Waals surface area contributed by atoms with Crippen LogP contribution < -0.4 is 0 Å². The van der Waals surface area contributed by atoms with Crippen molar-refractivity contribution in [2.75, 3.05) is 19.1 Å². The first-order valence-electron chi connectivity index (χ1n) is 5.85. The molecule has 3 heteroatoms. The van der Waals surface area contributed by atoms with Gasteiger partial charge in [0.05, 0.1) is 11.6 Å². The molecule has 0 aliphatic rings. The van der Waals surface area contributed by atoms with Gasteiger partial charge in [-0.2, -0.15) is 17.0 Å². The summed E-state index contributed by atoms with van der Waals surface area (Å²) in [6.45, 7) is 3.21. The fourth-order valence-electron chi connectivity index (χ4n) is 1.64. The molecule has 0 fully saturated rings. The van der Waals surface area contributed by atoms with Crippen molar-refractivity contribution >= 4 is 11.8 Å². The van der Waals surface area contributed by atoms with Gasteiger partial charge in [-0.15, -0.1) is 0 Å². The predicted molar refractivity (Wildman–Crippen MR) is 75.1 cm³/mol. The van der Waals surface area contributed by atoms with Gasteiger partial charge < -0.3 is 0 Å². The van der Waals surface area contributed by atoms with Crippen LogP contribution >= 0.6 is 11.8 Å². The molecule has 0 radical (unpaired) electrons. The van der Waals surface area contributed by atoms with E-state index >= 15 is 0 Å². The highest BCUT2D eigenvalue weighted by molar-refractivity contribution is 7.98. The van der Waals surface area contributed by atoms with Crippen molar-refractivity contribution in [2.45, 2.75) is 25.9 Å². The lowest BCUT2D eigenvalue weighted by Crippen LogP contribution is -2.29. The van der Waals surface area contributed by atoms with E-state index in [1.165, 1.54) is 17.7 Å². The third-order valence-electron chi connectivity index (χ3n) is 3.01. The second-order valence-corrected chi connectivity index (χ2v) is 5.34. The second kappa shape index (κ2) is 7.37. The number of hydrogen-bond acceptors (Lipinski definition) is 3. The van der Waals surface area contributed by atoms with Crippen molar-refractivity contribution in [1.29, 1.82) is 5.26 Å². The van der Waals surface area contributed by atoms with E-state index in [0.717, 1.165) is 12.1 Å². The van der Waals surface area contributed by atoms with Gasteiger partial charge in [0.2, 0.25) is 0 Å². The van der Waals surface area contributed by atoms with Gasteiger partial charge in [-0.3, -0.25) is 4.90 Å². The van der Waals surface area contributed by atoms with Gasteiger partial charge in [0.1, 0.15) is 0 Å². The van der Waals surface area contributed by atoms with Crippen molar-refractivity contribution in [3.05, 3.63) is 35.4 Å². The van der Waals surface area contributed by atoms with E-state index in [4.69, 9.17) is 5.26 Å². The summed E-state index contributed by atoms with van der Waals surface area (Å²) in [4.78, 5) is 2.36. The van der Waals surface area contributed by atoms with Crippen LogP contribution in [0.2, 0.25) is 0 Å². The fraction of sp³-hybridized carbons (Fsp3) is 0.500. The van der Waals surface area contributed by atoms with E-state index in [9.17, 15) is 0 Å². The van der Waals surface area contributed by atoms with Crippen molar-refractivity contribution < 1.29 is 0 Å². The summed E-state index contributed by atoms with van der Waals surface area (Å²) >= 11 is 1.90. The molecule has 1 unspecified atom stereocenters. The standard InChI is InChI=1S/C14H20N2S/c1-12(8-9-17-3)16(2)11-14-6-4-13(10-15)5-7-14/h4-7,12H,8-9,11H2,1-3H3. The van der Waals surface area contributed by atoms with E-state index in [-0.39, 0.29) is 0 Å². The van der Waals surface area contributed by atoms with Crippen molar-refractivity contribution in [2.24, 2.45) is 0 Å². The Bertz CT molecular complexity index is 367. The quantitative estimate of drug-likeness (QED) is 0.774. The van der Waals surface area contributed by atoms with Crippen LogP contribution in [0.3, 0.4) is 0 Å². The molecule has 2 nitrogen and oxygen atoms in total. The Kier molecular flexibility index (Phi) is 6.10. The summed E-state index contributed by atoms with van der Waals surface area (Å²) in [6, 6.07) is 10.6. The van der Waals surface area contributed by atoms with Crippen molar-refractivity contribution in [3.8, 4) is 6.07 Å². The SMILES string of the molecule is CSCCC(C)N(C)Cc1ccc(C#N)cc1. The van der Waals surface area contributed by atoms with Crippen molar-refractivity contribution in [1.82, 2.24) is 4.90 Å². The molecule has 0 amide bonds. The molecule has 0 heterocycles. The van der Waals surface area contributed by atoms with Gasteiger partial charge in [-0.25, -0.2) is 0 Å². The van der Waals surface area contributed by atoms with Crippen LogP contribution in [0.5, 0.6) is 0 Å². The summed E-state index contributed by atoms with van der Waals surface area (Å²) in [5.41, 5.74) is 1.99. The van der Waals surface area contributed by atoms with E-state index in [1.54, 1.807) is 0 Å². The third kappa shape index (κ3) is 4.80. The third-order valence-corrected chi connectivity index (χ3v) is 3.65. The van der Waals surface area contributed by atoms with E-state index in [2.05, 4.69) is 31.2 Å². The minimum absolute atomic E-state index is 0.595. The number of benzene rings is 1. The largest absolute Gasteiger partial charge is 0.299 e. The maximum absolute atomic E-state index is 8.73. The molecule has 0 N–H and O–H groups in total. The van der Waals surface area contributed by atoms with Gasteiger partial charge in [0, 0.05) is 12.6 Å². The zero-order chi connectivity index (χ0) is 12.7. The minimum atomic E-state index is 0.595.